The van der Waals surface area contributed by atoms with Gasteiger partial charge in [-0.3, -0.25) is 0 Å². The molecule has 2 aliphatic carbocycles. The summed E-state index contributed by atoms with van der Waals surface area (Å²) in [5.41, 5.74) is 0.567. The molecule has 106 valence electrons. The number of halogens is 2. The Kier molecular flexibility index (Phi) is 2.98. The molecule has 0 radical (unpaired) electrons. The molecule has 0 saturated carbocycles. The molecule has 1 saturated heterocycles. The monoisotopic (exact) mass is 390 g/mol. The van der Waals surface area contributed by atoms with E-state index in [0.29, 0.717) is 0 Å². The Bertz CT molecular complexity index is 508. The summed E-state index contributed by atoms with van der Waals surface area (Å²) in [6.07, 6.45) is 3.47. The number of rotatable bonds is 0. The Morgan fingerprint density at radius 1 is 1.32 bits per heavy atom. The van der Waals surface area contributed by atoms with Gasteiger partial charge in [-0.1, -0.05) is 51.3 Å². The van der Waals surface area contributed by atoms with Gasteiger partial charge in [0.15, 0.2) is 0 Å². The molecule has 3 rings (SSSR count). The summed E-state index contributed by atoms with van der Waals surface area (Å²) in [5, 5.41) is 10.9. The van der Waals surface area contributed by atoms with Gasteiger partial charge in [0.05, 0.1) is 6.10 Å². The molecule has 1 fully saturated rings. The number of hydrogen-bond donors (Lipinski definition) is 1. The molecule has 0 bridgehead atoms. The Balaban J connectivity index is 2.19. The van der Waals surface area contributed by atoms with Gasteiger partial charge in [0.1, 0.15) is 11.7 Å². The predicted molar refractivity (Wildman–Crippen MR) is 83.4 cm³/mol. The van der Waals surface area contributed by atoms with E-state index in [1.807, 2.05) is 0 Å². The first-order valence-corrected chi connectivity index (χ1v) is 8.33. The number of aliphatic hydroxyl groups excluding tert-OH is 1. The predicted octanol–water partition coefficient (Wildman–Crippen LogP) is 4.27. The van der Waals surface area contributed by atoms with Crippen molar-refractivity contribution in [3.63, 3.8) is 0 Å². The molecule has 0 amide bonds. The Morgan fingerprint density at radius 3 is 2.58 bits per heavy atom. The fourth-order valence-corrected chi connectivity index (χ4v) is 5.39. The van der Waals surface area contributed by atoms with Crippen molar-refractivity contribution >= 4 is 31.9 Å². The standard InChI is InChI=1S/C15H20Br2O2/c1-8-5-11(18)15(7-9(8)16)13(2,3)10(17)6-12-14(15,4)19-12/h6,11-12,18H,5,7H2,1-4H3/t11-,12-,14-,15-/m0/s1. The van der Waals surface area contributed by atoms with E-state index in [0.717, 1.165) is 17.3 Å². The van der Waals surface area contributed by atoms with Gasteiger partial charge in [0, 0.05) is 15.3 Å². The van der Waals surface area contributed by atoms with Gasteiger partial charge in [-0.2, -0.15) is 0 Å². The molecule has 0 aromatic heterocycles. The Hall–Kier alpha value is 0.360. The molecule has 1 spiro atoms. The van der Waals surface area contributed by atoms with Gasteiger partial charge in [0.2, 0.25) is 0 Å². The number of hydrogen-bond acceptors (Lipinski definition) is 2. The fraction of sp³-hybridized carbons (Fsp3) is 0.733. The van der Waals surface area contributed by atoms with Crippen LogP contribution in [0.1, 0.15) is 40.5 Å². The van der Waals surface area contributed by atoms with Crippen LogP contribution in [0.2, 0.25) is 0 Å². The molecule has 4 heteroatoms. The molecule has 3 aliphatic rings. The molecule has 19 heavy (non-hydrogen) atoms. The van der Waals surface area contributed by atoms with Crippen molar-refractivity contribution < 1.29 is 9.84 Å². The lowest BCUT2D eigenvalue weighted by Crippen LogP contribution is -2.59. The molecular weight excluding hydrogens is 372 g/mol. The van der Waals surface area contributed by atoms with E-state index >= 15 is 0 Å². The molecule has 1 N–H and O–H groups in total. The second-order valence-corrected chi connectivity index (χ2v) is 8.65. The van der Waals surface area contributed by atoms with E-state index in [1.54, 1.807) is 0 Å². The topological polar surface area (TPSA) is 32.8 Å². The molecule has 1 aliphatic heterocycles. The molecular formula is C15H20Br2O2. The minimum atomic E-state index is -0.375. The van der Waals surface area contributed by atoms with Crippen molar-refractivity contribution in [2.45, 2.75) is 58.3 Å². The minimum Gasteiger partial charge on any atom is -0.392 e. The van der Waals surface area contributed by atoms with E-state index in [1.165, 1.54) is 10.1 Å². The zero-order valence-electron chi connectivity index (χ0n) is 11.8. The summed E-state index contributed by atoms with van der Waals surface area (Å²) >= 11 is 7.42. The van der Waals surface area contributed by atoms with Crippen LogP contribution < -0.4 is 0 Å². The number of allylic oxidation sites excluding steroid dienone is 2. The van der Waals surface area contributed by atoms with Crippen molar-refractivity contribution in [1.82, 2.24) is 0 Å². The third-order valence-corrected chi connectivity index (χ3v) is 7.93. The second-order valence-electron chi connectivity index (χ2n) is 6.84. The van der Waals surface area contributed by atoms with Crippen LogP contribution in [0.25, 0.3) is 0 Å². The normalized spacial score (nSPS) is 48.1. The number of epoxide rings is 1. The van der Waals surface area contributed by atoms with Crippen LogP contribution in [0.15, 0.2) is 20.6 Å². The molecule has 2 nitrogen and oxygen atoms in total. The smallest absolute Gasteiger partial charge is 0.107 e. The van der Waals surface area contributed by atoms with Crippen LogP contribution in [0.5, 0.6) is 0 Å². The molecule has 0 aromatic rings. The van der Waals surface area contributed by atoms with Gasteiger partial charge in [-0.05, 0) is 37.2 Å². The first-order valence-electron chi connectivity index (χ1n) is 6.74. The van der Waals surface area contributed by atoms with E-state index in [2.05, 4.69) is 65.6 Å². The summed E-state index contributed by atoms with van der Waals surface area (Å²) in [6.45, 7) is 8.66. The average Bonchev–Trinajstić information content (AvgIpc) is 2.94. The highest BCUT2D eigenvalue weighted by Gasteiger charge is 2.75. The van der Waals surface area contributed by atoms with Crippen LogP contribution in [-0.2, 0) is 4.74 Å². The number of aliphatic hydroxyl groups is 1. The number of fused-ring (bicyclic) bond motifs is 2. The zero-order valence-corrected chi connectivity index (χ0v) is 14.9. The van der Waals surface area contributed by atoms with E-state index < -0.39 is 0 Å². The first kappa shape index (κ1) is 14.3. The lowest BCUT2D eigenvalue weighted by Gasteiger charge is -2.56. The highest BCUT2D eigenvalue weighted by molar-refractivity contribution is 9.12. The highest BCUT2D eigenvalue weighted by atomic mass is 79.9. The van der Waals surface area contributed by atoms with E-state index in [-0.39, 0.29) is 28.6 Å². The van der Waals surface area contributed by atoms with Crippen molar-refractivity contribution in [2.75, 3.05) is 0 Å². The van der Waals surface area contributed by atoms with E-state index in [9.17, 15) is 5.11 Å². The lowest BCUT2D eigenvalue weighted by atomic mass is 9.49. The minimum absolute atomic E-state index is 0.128. The summed E-state index contributed by atoms with van der Waals surface area (Å²) in [4.78, 5) is 0. The highest BCUT2D eigenvalue weighted by Crippen LogP contribution is 2.71. The van der Waals surface area contributed by atoms with Gasteiger partial charge < -0.3 is 9.84 Å². The fourth-order valence-electron chi connectivity index (χ4n) is 4.19. The SMILES string of the molecule is CC1=C(Br)C[C@]2([C@@H](O)C1)C(C)(C)C(Br)=C[C@@H]1O[C@@]12C. The van der Waals surface area contributed by atoms with Gasteiger partial charge in [-0.15, -0.1) is 0 Å². The largest absolute Gasteiger partial charge is 0.392 e. The number of ether oxygens (including phenoxy) is 1. The van der Waals surface area contributed by atoms with Gasteiger partial charge >= 0.3 is 0 Å². The zero-order chi connectivity index (χ0) is 14.2. The lowest BCUT2D eigenvalue weighted by molar-refractivity contribution is -0.0986. The molecule has 4 atom stereocenters. The molecule has 0 aromatic carbocycles. The summed E-state index contributed by atoms with van der Waals surface area (Å²) < 4.78 is 8.39. The Labute approximate surface area is 131 Å². The Morgan fingerprint density at radius 2 is 1.95 bits per heavy atom. The van der Waals surface area contributed by atoms with Crippen molar-refractivity contribution in [1.29, 1.82) is 0 Å². The van der Waals surface area contributed by atoms with E-state index in [4.69, 9.17) is 4.74 Å². The van der Waals surface area contributed by atoms with Crippen LogP contribution >= 0.6 is 31.9 Å². The van der Waals surface area contributed by atoms with Crippen LogP contribution in [0.3, 0.4) is 0 Å². The third-order valence-electron chi connectivity index (χ3n) is 5.72. The van der Waals surface area contributed by atoms with Gasteiger partial charge in [-0.25, -0.2) is 0 Å². The van der Waals surface area contributed by atoms with Crippen LogP contribution in [0.4, 0.5) is 0 Å². The third kappa shape index (κ3) is 1.55. The second kappa shape index (κ2) is 3.96. The quantitative estimate of drug-likeness (QED) is 0.625. The van der Waals surface area contributed by atoms with Crippen molar-refractivity contribution in [2.24, 2.45) is 10.8 Å². The van der Waals surface area contributed by atoms with Crippen LogP contribution in [0, 0.1) is 10.8 Å². The average molecular weight is 392 g/mol. The summed E-state index contributed by atoms with van der Waals surface area (Å²) in [7, 11) is 0. The van der Waals surface area contributed by atoms with Crippen LogP contribution in [-0.4, -0.2) is 22.9 Å². The first-order chi connectivity index (χ1) is 8.67. The molecule has 0 unspecified atom stereocenters. The molecule has 1 heterocycles. The summed E-state index contributed by atoms with van der Waals surface area (Å²) in [6, 6.07) is 0. The summed E-state index contributed by atoms with van der Waals surface area (Å²) in [5.74, 6) is 0. The van der Waals surface area contributed by atoms with Gasteiger partial charge in [0.25, 0.3) is 0 Å². The van der Waals surface area contributed by atoms with Crippen molar-refractivity contribution in [3.8, 4) is 0 Å². The maximum Gasteiger partial charge on any atom is 0.107 e. The van der Waals surface area contributed by atoms with Crippen molar-refractivity contribution in [3.05, 3.63) is 20.6 Å². The maximum atomic E-state index is 10.9. The maximum absolute atomic E-state index is 10.9.